The quantitative estimate of drug-likeness (QED) is 0.0343. The van der Waals surface area contributed by atoms with Crippen molar-refractivity contribution in [3.8, 4) is 0 Å². The molecular weight excluding hydrogens is 817 g/mol. The molecule has 0 aromatic rings. The predicted octanol–water partition coefficient (Wildman–Crippen LogP) is 19.8. The fraction of sp³-hybridized carbons (Fsp3) is 0.950. The molecule has 0 saturated carbocycles. The molecule has 0 bridgehead atoms. The lowest BCUT2D eigenvalue weighted by molar-refractivity contribution is -0.167. The highest BCUT2D eigenvalue weighted by molar-refractivity contribution is 5.71. The zero-order valence-electron chi connectivity index (χ0n) is 45.2. The number of hydrogen-bond acceptors (Lipinski definition) is 6. The van der Waals surface area contributed by atoms with Crippen molar-refractivity contribution >= 4 is 17.9 Å². The third-order valence-electron chi connectivity index (χ3n) is 13.8. The molecule has 0 saturated heterocycles. The summed E-state index contributed by atoms with van der Waals surface area (Å²) in [6.07, 6.45) is 59.5. The minimum absolute atomic E-state index is 0.0615. The van der Waals surface area contributed by atoms with Crippen molar-refractivity contribution in [1.29, 1.82) is 0 Å². The first-order valence-electron chi connectivity index (χ1n) is 29.9. The molecule has 0 N–H and O–H groups in total. The Morgan fingerprint density at radius 3 is 0.742 bits per heavy atom. The van der Waals surface area contributed by atoms with Gasteiger partial charge in [-0.1, -0.05) is 304 Å². The summed E-state index contributed by atoms with van der Waals surface area (Å²) in [4.78, 5) is 38.2. The monoisotopic (exact) mass is 933 g/mol. The Morgan fingerprint density at radius 2 is 0.500 bits per heavy atom. The first-order chi connectivity index (χ1) is 32.4. The molecule has 1 atom stereocenters. The molecule has 0 rings (SSSR count). The van der Waals surface area contributed by atoms with Gasteiger partial charge < -0.3 is 14.2 Å². The van der Waals surface area contributed by atoms with E-state index in [4.69, 9.17) is 14.2 Å². The summed E-state index contributed by atoms with van der Waals surface area (Å²) in [6.45, 7) is 9.08. The summed E-state index contributed by atoms with van der Waals surface area (Å²) in [5.41, 5.74) is 0. The first-order valence-corrected chi connectivity index (χ1v) is 29.9. The van der Waals surface area contributed by atoms with Crippen molar-refractivity contribution < 1.29 is 28.6 Å². The molecule has 0 spiro atoms. The van der Waals surface area contributed by atoms with E-state index < -0.39 is 6.10 Å². The summed E-state index contributed by atoms with van der Waals surface area (Å²) in [5, 5.41) is 0. The second-order valence-corrected chi connectivity index (χ2v) is 21.1. The van der Waals surface area contributed by atoms with Crippen LogP contribution in [0.15, 0.2) is 0 Å². The third-order valence-corrected chi connectivity index (χ3v) is 13.8. The Hall–Kier alpha value is -1.59. The summed E-state index contributed by atoms with van der Waals surface area (Å²) in [7, 11) is 0. The van der Waals surface area contributed by atoms with E-state index in [1.807, 2.05) is 0 Å². The van der Waals surface area contributed by atoms with Gasteiger partial charge in [-0.05, 0) is 25.2 Å². The van der Waals surface area contributed by atoms with Crippen LogP contribution in [0.3, 0.4) is 0 Å². The van der Waals surface area contributed by atoms with Gasteiger partial charge >= 0.3 is 17.9 Å². The average molecular weight is 934 g/mol. The van der Waals surface area contributed by atoms with Gasteiger partial charge in [0.05, 0.1) is 0 Å². The Labute approximate surface area is 412 Å². The van der Waals surface area contributed by atoms with E-state index in [1.165, 1.54) is 238 Å². The highest BCUT2D eigenvalue weighted by atomic mass is 16.6. The maximum Gasteiger partial charge on any atom is 0.306 e. The van der Waals surface area contributed by atoms with E-state index in [0.717, 1.165) is 63.7 Å². The van der Waals surface area contributed by atoms with Crippen LogP contribution in [0, 0.1) is 5.92 Å². The van der Waals surface area contributed by atoms with Gasteiger partial charge in [-0.15, -0.1) is 0 Å². The zero-order chi connectivity index (χ0) is 48.1. The molecule has 0 fully saturated rings. The van der Waals surface area contributed by atoms with Gasteiger partial charge in [0, 0.05) is 19.3 Å². The number of carbonyl (C=O) groups is 3. The SMILES string of the molecule is CCCCCCCCCCCCCCCCCCC(=O)O[C@@H](COC(=O)CCCCCCCCCCCCCCC)COC(=O)CCCCCCCCCCCCCCCCCCC(C)C. The number of unbranched alkanes of at least 4 members (excludes halogenated alkanes) is 42. The van der Waals surface area contributed by atoms with Crippen molar-refractivity contribution in [1.82, 2.24) is 0 Å². The van der Waals surface area contributed by atoms with Crippen LogP contribution in [0.4, 0.5) is 0 Å². The highest BCUT2D eigenvalue weighted by Gasteiger charge is 2.19. The van der Waals surface area contributed by atoms with Crippen molar-refractivity contribution in [3.63, 3.8) is 0 Å². The van der Waals surface area contributed by atoms with Crippen LogP contribution in [-0.4, -0.2) is 37.2 Å². The van der Waals surface area contributed by atoms with Crippen LogP contribution >= 0.6 is 0 Å². The topological polar surface area (TPSA) is 78.9 Å². The van der Waals surface area contributed by atoms with Crippen molar-refractivity contribution in [3.05, 3.63) is 0 Å². The number of esters is 3. The summed E-state index contributed by atoms with van der Waals surface area (Å²) in [6, 6.07) is 0. The molecule has 0 unspecified atom stereocenters. The molecule has 0 radical (unpaired) electrons. The zero-order valence-corrected chi connectivity index (χ0v) is 45.2. The van der Waals surface area contributed by atoms with Gasteiger partial charge in [-0.2, -0.15) is 0 Å². The summed E-state index contributed by atoms with van der Waals surface area (Å²) < 4.78 is 16.9. The van der Waals surface area contributed by atoms with E-state index in [1.54, 1.807) is 0 Å². The second-order valence-electron chi connectivity index (χ2n) is 21.1. The number of rotatable bonds is 55. The van der Waals surface area contributed by atoms with Crippen LogP contribution < -0.4 is 0 Å². The fourth-order valence-electron chi connectivity index (χ4n) is 9.28. The average Bonchev–Trinajstić information content (AvgIpc) is 3.30. The lowest BCUT2D eigenvalue weighted by Crippen LogP contribution is -2.30. The van der Waals surface area contributed by atoms with Crippen molar-refractivity contribution in [2.24, 2.45) is 5.92 Å². The standard InChI is InChI=1S/C60H116O6/c1-5-7-9-11-13-15-17-19-20-24-29-33-37-41-45-49-53-60(63)66-57(54-64-58(61)51-47-43-39-35-31-26-18-16-14-12-10-8-6-2)55-65-59(62)52-48-44-40-36-32-28-25-22-21-23-27-30-34-38-42-46-50-56(3)4/h56-57H,5-55H2,1-4H3/t57-/m0/s1. The number of hydrogen-bond donors (Lipinski definition) is 0. The molecule has 0 aliphatic carbocycles. The second kappa shape index (κ2) is 54.4. The molecule has 66 heavy (non-hydrogen) atoms. The van der Waals surface area contributed by atoms with Gasteiger partial charge in [0.1, 0.15) is 13.2 Å². The Morgan fingerprint density at radius 1 is 0.288 bits per heavy atom. The van der Waals surface area contributed by atoms with E-state index in [2.05, 4.69) is 27.7 Å². The molecule has 0 heterocycles. The molecule has 6 heteroatoms. The fourth-order valence-corrected chi connectivity index (χ4v) is 9.28. The Balaban J connectivity index is 4.27. The van der Waals surface area contributed by atoms with E-state index in [0.29, 0.717) is 19.3 Å². The van der Waals surface area contributed by atoms with Crippen LogP contribution in [0.1, 0.15) is 342 Å². The van der Waals surface area contributed by atoms with Crippen LogP contribution in [0.2, 0.25) is 0 Å². The minimum atomic E-state index is -0.762. The largest absolute Gasteiger partial charge is 0.462 e. The first kappa shape index (κ1) is 64.4. The molecule has 0 amide bonds. The van der Waals surface area contributed by atoms with Crippen molar-refractivity contribution in [2.45, 2.75) is 348 Å². The highest BCUT2D eigenvalue weighted by Crippen LogP contribution is 2.18. The molecule has 6 nitrogen and oxygen atoms in total. The maximum atomic E-state index is 12.9. The van der Waals surface area contributed by atoms with Gasteiger partial charge in [-0.25, -0.2) is 0 Å². The Bertz CT molecular complexity index is 996. The normalized spacial score (nSPS) is 12.0. The lowest BCUT2D eigenvalue weighted by Gasteiger charge is -2.18. The van der Waals surface area contributed by atoms with Gasteiger partial charge in [0.25, 0.3) is 0 Å². The molecule has 0 aliphatic rings. The summed E-state index contributed by atoms with van der Waals surface area (Å²) >= 11 is 0. The van der Waals surface area contributed by atoms with Gasteiger partial charge in [-0.3, -0.25) is 14.4 Å². The van der Waals surface area contributed by atoms with Crippen LogP contribution in [0.25, 0.3) is 0 Å². The van der Waals surface area contributed by atoms with Crippen LogP contribution in [0.5, 0.6) is 0 Å². The van der Waals surface area contributed by atoms with E-state index in [9.17, 15) is 14.4 Å². The van der Waals surface area contributed by atoms with Gasteiger partial charge in [0.15, 0.2) is 6.10 Å². The minimum Gasteiger partial charge on any atom is -0.462 e. The molecule has 392 valence electrons. The van der Waals surface area contributed by atoms with Crippen LogP contribution in [-0.2, 0) is 28.6 Å². The number of ether oxygens (including phenoxy) is 3. The molecule has 0 aromatic heterocycles. The predicted molar refractivity (Wildman–Crippen MR) is 284 cm³/mol. The Kier molecular flexibility index (Phi) is 53.0. The molecule has 0 aliphatic heterocycles. The van der Waals surface area contributed by atoms with E-state index >= 15 is 0 Å². The lowest BCUT2D eigenvalue weighted by atomic mass is 10.0. The van der Waals surface area contributed by atoms with E-state index in [-0.39, 0.29) is 31.1 Å². The molecule has 0 aromatic carbocycles. The maximum absolute atomic E-state index is 12.9. The van der Waals surface area contributed by atoms with Crippen molar-refractivity contribution in [2.75, 3.05) is 13.2 Å². The molecular formula is C60H116O6. The third kappa shape index (κ3) is 53.4. The summed E-state index contributed by atoms with van der Waals surface area (Å²) in [5.74, 6) is 0.0207. The number of carbonyl (C=O) groups excluding carboxylic acids is 3. The van der Waals surface area contributed by atoms with Gasteiger partial charge in [0.2, 0.25) is 0 Å². The smallest absolute Gasteiger partial charge is 0.306 e.